The van der Waals surface area contributed by atoms with Crippen molar-refractivity contribution in [2.45, 2.75) is 12.5 Å². The zero-order valence-corrected chi connectivity index (χ0v) is 21.3. The Kier molecular flexibility index (Phi) is 5.34. The highest BCUT2D eigenvalue weighted by Gasteiger charge is 2.51. The van der Waals surface area contributed by atoms with Crippen molar-refractivity contribution in [1.29, 1.82) is 0 Å². The lowest BCUT2D eigenvalue weighted by Gasteiger charge is -2.33. The fourth-order valence-electron chi connectivity index (χ4n) is 6.17. The number of cyclic esters (lactones) is 1. The molecule has 0 aliphatic carbocycles. The third-order valence-electron chi connectivity index (χ3n) is 7.93. The standard InChI is InChI=1S/C33H28N2O3/c1-23-30(24-9-3-2-4-10-24)31(29-13-7-8-18-35(23)29)33(28-12-6-5-11-27(28)32(36)38-33)25-14-16-26(17-15-25)34-19-21-37-22-20-34/h2-18H,19-22H2,1H3. The van der Waals surface area contributed by atoms with Crippen LogP contribution in [-0.4, -0.2) is 36.7 Å². The van der Waals surface area contributed by atoms with Crippen molar-refractivity contribution in [3.8, 4) is 11.1 Å². The third-order valence-corrected chi connectivity index (χ3v) is 7.93. The number of esters is 1. The summed E-state index contributed by atoms with van der Waals surface area (Å²) < 4.78 is 14.3. The predicted molar refractivity (Wildman–Crippen MR) is 149 cm³/mol. The van der Waals surface area contributed by atoms with Gasteiger partial charge in [0, 0.05) is 52.9 Å². The topological polar surface area (TPSA) is 43.2 Å². The van der Waals surface area contributed by atoms with E-state index >= 15 is 0 Å². The molecule has 38 heavy (non-hydrogen) atoms. The molecule has 2 aromatic heterocycles. The molecule has 4 heterocycles. The van der Waals surface area contributed by atoms with E-state index in [-0.39, 0.29) is 5.97 Å². The largest absolute Gasteiger partial charge is 0.440 e. The quantitative estimate of drug-likeness (QED) is 0.275. The van der Waals surface area contributed by atoms with Gasteiger partial charge < -0.3 is 18.8 Å². The summed E-state index contributed by atoms with van der Waals surface area (Å²) in [5.74, 6) is -0.301. The van der Waals surface area contributed by atoms with E-state index in [1.165, 1.54) is 0 Å². The minimum absolute atomic E-state index is 0.301. The summed E-state index contributed by atoms with van der Waals surface area (Å²) in [7, 11) is 0. The molecule has 1 fully saturated rings. The number of aryl methyl sites for hydroxylation is 1. The van der Waals surface area contributed by atoms with E-state index in [0.29, 0.717) is 5.56 Å². The number of anilines is 1. The second-order valence-electron chi connectivity index (χ2n) is 9.92. The number of fused-ring (bicyclic) bond motifs is 2. The minimum Gasteiger partial charge on any atom is -0.440 e. The van der Waals surface area contributed by atoms with Gasteiger partial charge in [0.1, 0.15) is 0 Å². The molecule has 0 N–H and O–H groups in total. The molecule has 188 valence electrons. The molecule has 0 radical (unpaired) electrons. The third kappa shape index (κ3) is 3.32. The monoisotopic (exact) mass is 500 g/mol. The van der Waals surface area contributed by atoms with E-state index in [4.69, 9.17) is 9.47 Å². The minimum atomic E-state index is -1.09. The van der Waals surface area contributed by atoms with Gasteiger partial charge in [-0.1, -0.05) is 66.7 Å². The van der Waals surface area contributed by atoms with Crippen LogP contribution in [-0.2, 0) is 15.1 Å². The average Bonchev–Trinajstić information content (AvgIpc) is 3.46. The number of hydrogen-bond acceptors (Lipinski definition) is 4. The van der Waals surface area contributed by atoms with Gasteiger partial charge in [-0.05, 0) is 42.8 Å². The highest BCUT2D eigenvalue weighted by Crippen LogP contribution is 2.52. The van der Waals surface area contributed by atoms with E-state index in [0.717, 1.165) is 71.0 Å². The van der Waals surface area contributed by atoms with Crippen molar-refractivity contribution in [1.82, 2.24) is 4.40 Å². The molecule has 5 aromatic rings. The van der Waals surface area contributed by atoms with E-state index in [1.54, 1.807) is 0 Å². The summed E-state index contributed by atoms with van der Waals surface area (Å²) in [5.41, 5.74) is 7.74. The molecule has 1 atom stereocenters. The van der Waals surface area contributed by atoms with Crippen LogP contribution >= 0.6 is 0 Å². The maximum Gasteiger partial charge on any atom is 0.340 e. The molecule has 0 amide bonds. The molecular weight excluding hydrogens is 472 g/mol. The first-order valence-corrected chi connectivity index (χ1v) is 13.1. The number of ether oxygens (including phenoxy) is 2. The molecule has 5 nitrogen and oxygen atoms in total. The molecule has 3 aromatic carbocycles. The molecule has 0 spiro atoms. The van der Waals surface area contributed by atoms with Gasteiger partial charge in [0.15, 0.2) is 5.60 Å². The highest BCUT2D eigenvalue weighted by atomic mass is 16.6. The maximum atomic E-state index is 13.5. The molecule has 1 unspecified atom stereocenters. The van der Waals surface area contributed by atoms with E-state index in [1.807, 2.05) is 42.5 Å². The van der Waals surface area contributed by atoms with Crippen LogP contribution in [0.5, 0.6) is 0 Å². The van der Waals surface area contributed by atoms with Crippen LogP contribution in [0.25, 0.3) is 16.6 Å². The maximum absolute atomic E-state index is 13.5. The molecular formula is C33H28N2O3. The van der Waals surface area contributed by atoms with E-state index < -0.39 is 5.60 Å². The van der Waals surface area contributed by atoms with Crippen molar-refractivity contribution >= 4 is 17.2 Å². The van der Waals surface area contributed by atoms with Crippen molar-refractivity contribution in [3.05, 3.63) is 131 Å². The van der Waals surface area contributed by atoms with Crippen LogP contribution in [0.1, 0.15) is 32.7 Å². The van der Waals surface area contributed by atoms with Gasteiger partial charge in [-0.25, -0.2) is 4.79 Å². The number of nitrogens with zero attached hydrogens (tertiary/aromatic N) is 2. The second kappa shape index (κ2) is 8.89. The second-order valence-corrected chi connectivity index (χ2v) is 9.92. The van der Waals surface area contributed by atoms with Crippen molar-refractivity contribution < 1.29 is 14.3 Å². The van der Waals surface area contributed by atoms with Gasteiger partial charge >= 0.3 is 5.97 Å². The summed E-state index contributed by atoms with van der Waals surface area (Å²) in [6.45, 7) is 5.32. The van der Waals surface area contributed by atoms with Crippen LogP contribution in [0.4, 0.5) is 5.69 Å². The number of carbonyl (C=O) groups excluding carboxylic acids is 1. The summed E-state index contributed by atoms with van der Waals surface area (Å²) in [6, 6.07) is 32.9. The lowest BCUT2D eigenvalue weighted by Crippen LogP contribution is -2.36. The van der Waals surface area contributed by atoms with Crippen LogP contribution in [0, 0.1) is 6.92 Å². The number of morpholine rings is 1. The average molecular weight is 501 g/mol. The van der Waals surface area contributed by atoms with E-state index in [2.05, 4.69) is 77.0 Å². The zero-order chi connectivity index (χ0) is 25.7. The van der Waals surface area contributed by atoms with Crippen molar-refractivity contribution in [2.75, 3.05) is 31.2 Å². The Hall–Kier alpha value is -4.35. The van der Waals surface area contributed by atoms with Gasteiger partial charge in [0.25, 0.3) is 0 Å². The van der Waals surface area contributed by atoms with Crippen molar-refractivity contribution in [2.24, 2.45) is 0 Å². The number of benzene rings is 3. The smallest absolute Gasteiger partial charge is 0.340 e. The number of hydrogen-bond donors (Lipinski definition) is 0. The number of rotatable bonds is 4. The lowest BCUT2D eigenvalue weighted by atomic mass is 9.77. The SMILES string of the molecule is Cc1c(-c2ccccc2)c(C2(c3ccc(N4CCOCC4)cc3)OC(=O)c3ccccc32)c2ccccn12. The summed E-state index contributed by atoms with van der Waals surface area (Å²) in [4.78, 5) is 15.8. The molecule has 0 saturated carbocycles. The molecule has 5 heteroatoms. The highest BCUT2D eigenvalue weighted by molar-refractivity contribution is 5.98. The van der Waals surface area contributed by atoms with Crippen LogP contribution in [0.3, 0.4) is 0 Å². The van der Waals surface area contributed by atoms with Gasteiger partial charge in [0.2, 0.25) is 0 Å². The number of carbonyl (C=O) groups is 1. The predicted octanol–water partition coefficient (Wildman–Crippen LogP) is 6.21. The first kappa shape index (κ1) is 22.8. The Labute approximate surface area is 221 Å². The molecule has 1 saturated heterocycles. The summed E-state index contributed by atoms with van der Waals surface area (Å²) >= 11 is 0. The zero-order valence-electron chi connectivity index (χ0n) is 21.3. The molecule has 2 aliphatic rings. The number of aromatic nitrogens is 1. The number of pyridine rings is 1. The first-order chi connectivity index (χ1) is 18.7. The van der Waals surface area contributed by atoms with Crippen LogP contribution < -0.4 is 4.90 Å². The fraction of sp³-hybridized carbons (Fsp3) is 0.182. The molecule has 0 bridgehead atoms. The van der Waals surface area contributed by atoms with E-state index in [9.17, 15) is 4.79 Å². The normalized spacial score (nSPS) is 19.0. The van der Waals surface area contributed by atoms with Gasteiger partial charge in [0.05, 0.1) is 24.3 Å². The first-order valence-electron chi connectivity index (χ1n) is 13.1. The summed E-state index contributed by atoms with van der Waals surface area (Å²) in [5, 5.41) is 0. The van der Waals surface area contributed by atoms with Gasteiger partial charge in [-0.15, -0.1) is 0 Å². The fourth-order valence-corrected chi connectivity index (χ4v) is 6.17. The Morgan fingerprint density at radius 1 is 0.789 bits per heavy atom. The van der Waals surface area contributed by atoms with Gasteiger partial charge in [-0.2, -0.15) is 0 Å². The lowest BCUT2D eigenvalue weighted by molar-refractivity contribution is 0.0257. The summed E-state index contributed by atoms with van der Waals surface area (Å²) in [6.07, 6.45) is 2.08. The Balaban J connectivity index is 1.54. The van der Waals surface area contributed by atoms with Crippen molar-refractivity contribution in [3.63, 3.8) is 0 Å². The Bertz CT molecular complexity index is 1650. The molecule has 2 aliphatic heterocycles. The Morgan fingerprint density at radius 2 is 1.50 bits per heavy atom. The van der Waals surface area contributed by atoms with Crippen LogP contribution in [0.2, 0.25) is 0 Å². The Morgan fingerprint density at radius 3 is 2.29 bits per heavy atom. The molecule has 7 rings (SSSR count). The van der Waals surface area contributed by atoms with Crippen LogP contribution in [0.15, 0.2) is 103 Å². The van der Waals surface area contributed by atoms with Gasteiger partial charge in [-0.3, -0.25) is 0 Å².